The van der Waals surface area contributed by atoms with E-state index < -0.39 is 0 Å². The van der Waals surface area contributed by atoms with Crippen LogP contribution in [0.1, 0.15) is 11.4 Å². The number of hydrogen-bond acceptors (Lipinski definition) is 3. The van der Waals surface area contributed by atoms with Gasteiger partial charge in [0.05, 0.1) is 16.1 Å². The van der Waals surface area contributed by atoms with E-state index in [2.05, 4.69) is 54.3 Å². The minimum Gasteiger partial charge on any atom is -0.494 e. The lowest BCUT2D eigenvalue weighted by Gasteiger charge is -2.10. The minimum absolute atomic E-state index is 0.811. The fraction of sp³-hybridized carbons (Fsp3) is 0.357. The Bertz CT molecular complexity index is 561. The standard InChI is InChI=1S/C14H17Br2N3O/c1-19-6-5-18-13(19)3-4-17-9-10-7-11(15)14(20-2)12(16)8-10/h5-8,17H,3-4,9H2,1-2H3. The van der Waals surface area contributed by atoms with E-state index in [9.17, 15) is 0 Å². The van der Waals surface area contributed by atoms with Gasteiger partial charge in [-0.15, -0.1) is 0 Å². The Morgan fingerprint density at radius 2 is 2.00 bits per heavy atom. The summed E-state index contributed by atoms with van der Waals surface area (Å²) in [6.07, 6.45) is 4.71. The van der Waals surface area contributed by atoms with Crippen LogP contribution in [-0.2, 0) is 20.0 Å². The molecule has 0 saturated heterocycles. The van der Waals surface area contributed by atoms with Crippen molar-refractivity contribution in [1.29, 1.82) is 0 Å². The Kier molecular flexibility index (Phi) is 5.63. The number of benzene rings is 1. The first kappa shape index (κ1) is 15.5. The first-order valence-electron chi connectivity index (χ1n) is 6.30. The van der Waals surface area contributed by atoms with E-state index in [0.717, 1.165) is 40.0 Å². The van der Waals surface area contributed by atoms with E-state index in [0.29, 0.717) is 0 Å². The van der Waals surface area contributed by atoms with Gasteiger partial charge in [-0.25, -0.2) is 4.98 Å². The van der Waals surface area contributed by atoms with Gasteiger partial charge >= 0.3 is 0 Å². The van der Waals surface area contributed by atoms with Crippen molar-refractivity contribution in [2.24, 2.45) is 7.05 Å². The van der Waals surface area contributed by atoms with Gasteiger partial charge in [-0.1, -0.05) is 0 Å². The van der Waals surface area contributed by atoms with Crippen molar-refractivity contribution in [2.75, 3.05) is 13.7 Å². The summed E-state index contributed by atoms with van der Waals surface area (Å²) >= 11 is 7.02. The summed E-state index contributed by atoms with van der Waals surface area (Å²) in [6, 6.07) is 4.13. The molecular weight excluding hydrogens is 386 g/mol. The van der Waals surface area contributed by atoms with E-state index in [1.54, 1.807) is 7.11 Å². The number of methoxy groups -OCH3 is 1. The Morgan fingerprint density at radius 1 is 1.30 bits per heavy atom. The van der Waals surface area contributed by atoms with Crippen molar-refractivity contribution in [3.63, 3.8) is 0 Å². The number of nitrogens with one attached hydrogen (secondary N) is 1. The number of aromatic nitrogens is 2. The molecule has 4 nitrogen and oxygen atoms in total. The van der Waals surface area contributed by atoms with Crippen LogP contribution in [-0.4, -0.2) is 23.2 Å². The molecule has 1 aromatic carbocycles. The maximum absolute atomic E-state index is 5.29. The molecule has 0 atom stereocenters. The predicted molar refractivity (Wildman–Crippen MR) is 87.0 cm³/mol. The Labute approximate surface area is 135 Å². The summed E-state index contributed by atoms with van der Waals surface area (Å²) < 4.78 is 9.25. The highest BCUT2D eigenvalue weighted by molar-refractivity contribution is 9.11. The quantitative estimate of drug-likeness (QED) is 0.753. The molecule has 0 spiro atoms. The number of ether oxygens (including phenoxy) is 1. The molecule has 20 heavy (non-hydrogen) atoms. The molecule has 1 aromatic heterocycles. The van der Waals surface area contributed by atoms with Crippen LogP contribution >= 0.6 is 31.9 Å². The molecule has 0 saturated carbocycles. The second-order valence-corrected chi connectivity index (χ2v) is 6.18. The van der Waals surface area contributed by atoms with Gasteiger partial charge in [0.1, 0.15) is 11.6 Å². The summed E-state index contributed by atoms with van der Waals surface area (Å²) in [4.78, 5) is 4.30. The molecule has 0 aliphatic rings. The van der Waals surface area contributed by atoms with Crippen molar-refractivity contribution in [1.82, 2.24) is 14.9 Å². The summed E-state index contributed by atoms with van der Waals surface area (Å²) in [6.45, 7) is 1.71. The first-order chi connectivity index (χ1) is 9.61. The molecule has 0 radical (unpaired) electrons. The zero-order valence-corrected chi connectivity index (χ0v) is 14.7. The molecule has 2 aromatic rings. The van der Waals surface area contributed by atoms with Crippen LogP contribution in [0.2, 0.25) is 0 Å². The summed E-state index contributed by atoms with van der Waals surface area (Å²) in [5.41, 5.74) is 1.20. The highest BCUT2D eigenvalue weighted by atomic mass is 79.9. The third-order valence-electron chi connectivity index (χ3n) is 3.04. The molecule has 0 aliphatic heterocycles. The van der Waals surface area contributed by atoms with Crippen LogP contribution < -0.4 is 10.1 Å². The minimum atomic E-state index is 0.811. The number of halogens is 2. The molecule has 0 fully saturated rings. The monoisotopic (exact) mass is 401 g/mol. The lowest BCUT2D eigenvalue weighted by Crippen LogP contribution is -2.18. The predicted octanol–water partition coefficient (Wildman–Crippen LogP) is 3.29. The van der Waals surface area contributed by atoms with Crippen molar-refractivity contribution in [3.05, 3.63) is 44.9 Å². The number of nitrogens with zero attached hydrogens (tertiary/aromatic N) is 2. The average molecular weight is 403 g/mol. The van der Waals surface area contributed by atoms with E-state index >= 15 is 0 Å². The Morgan fingerprint density at radius 3 is 2.55 bits per heavy atom. The van der Waals surface area contributed by atoms with E-state index in [4.69, 9.17) is 4.74 Å². The van der Waals surface area contributed by atoms with Crippen LogP contribution in [0, 0.1) is 0 Å². The van der Waals surface area contributed by atoms with Gasteiger partial charge in [-0.3, -0.25) is 0 Å². The van der Waals surface area contributed by atoms with Crippen molar-refractivity contribution < 1.29 is 4.74 Å². The van der Waals surface area contributed by atoms with Crippen LogP contribution in [0.4, 0.5) is 0 Å². The molecule has 0 bridgehead atoms. The number of aryl methyl sites for hydroxylation is 1. The maximum Gasteiger partial charge on any atom is 0.147 e. The first-order valence-corrected chi connectivity index (χ1v) is 7.89. The molecule has 0 aliphatic carbocycles. The maximum atomic E-state index is 5.29. The second kappa shape index (κ2) is 7.24. The average Bonchev–Trinajstić information content (AvgIpc) is 2.80. The molecule has 1 N–H and O–H groups in total. The number of rotatable bonds is 6. The van der Waals surface area contributed by atoms with Crippen molar-refractivity contribution in [3.8, 4) is 5.75 Å². The Balaban J connectivity index is 1.87. The molecule has 0 unspecified atom stereocenters. The highest BCUT2D eigenvalue weighted by Gasteiger charge is 2.07. The third-order valence-corrected chi connectivity index (χ3v) is 4.22. The Hall–Kier alpha value is -0.850. The van der Waals surface area contributed by atoms with Gasteiger partial charge in [0.2, 0.25) is 0 Å². The summed E-state index contributed by atoms with van der Waals surface area (Å²) in [5, 5.41) is 3.42. The normalized spacial score (nSPS) is 10.8. The van der Waals surface area contributed by atoms with Gasteiger partial charge < -0.3 is 14.6 Å². The third kappa shape index (κ3) is 3.84. The topological polar surface area (TPSA) is 39.1 Å². The van der Waals surface area contributed by atoms with Crippen molar-refractivity contribution >= 4 is 31.9 Å². The van der Waals surface area contributed by atoms with E-state index in [1.165, 1.54) is 5.56 Å². The van der Waals surface area contributed by atoms with Crippen LogP contribution in [0.15, 0.2) is 33.5 Å². The molecule has 0 amide bonds. The largest absolute Gasteiger partial charge is 0.494 e. The zero-order valence-electron chi connectivity index (χ0n) is 11.5. The lowest BCUT2D eigenvalue weighted by atomic mass is 10.2. The molecule has 6 heteroatoms. The van der Waals surface area contributed by atoms with Gasteiger partial charge in [0.15, 0.2) is 0 Å². The lowest BCUT2D eigenvalue weighted by molar-refractivity contribution is 0.409. The van der Waals surface area contributed by atoms with E-state index in [-0.39, 0.29) is 0 Å². The van der Waals surface area contributed by atoms with E-state index in [1.807, 2.05) is 24.0 Å². The fourth-order valence-corrected chi connectivity index (χ4v) is 3.58. The van der Waals surface area contributed by atoms with Crippen molar-refractivity contribution in [2.45, 2.75) is 13.0 Å². The fourth-order valence-electron chi connectivity index (χ4n) is 1.98. The molecular formula is C14H17Br2N3O. The molecule has 108 valence electrons. The van der Waals surface area contributed by atoms with Crippen LogP contribution in [0.25, 0.3) is 0 Å². The molecule has 1 heterocycles. The number of hydrogen-bond donors (Lipinski definition) is 1. The van der Waals surface area contributed by atoms with Crippen LogP contribution in [0.3, 0.4) is 0 Å². The van der Waals surface area contributed by atoms with Gasteiger partial charge in [0.25, 0.3) is 0 Å². The van der Waals surface area contributed by atoms with Gasteiger partial charge in [0, 0.05) is 39.0 Å². The highest BCUT2D eigenvalue weighted by Crippen LogP contribution is 2.34. The molecule has 2 rings (SSSR count). The smallest absolute Gasteiger partial charge is 0.147 e. The second-order valence-electron chi connectivity index (χ2n) is 4.47. The van der Waals surface area contributed by atoms with Gasteiger partial charge in [-0.05, 0) is 49.6 Å². The van der Waals surface area contributed by atoms with Crippen LogP contribution in [0.5, 0.6) is 5.75 Å². The summed E-state index contributed by atoms with van der Waals surface area (Å²) in [7, 11) is 3.68. The van der Waals surface area contributed by atoms with Gasteiger partial charge in [-0.2, -0.15) is 0 Å². The zero-order chi connectivity index (χ0) is 14.5. The number of imidazole rings is 1. The summed E-state index contributed by atoms with van der Waals surface area (Å²) in [5.74, 6) is 1.91. The SMILES string of the molecule is COc1c(Br)cc(CNCCc2nccn2C)cc1Br.